The van der Waals surface area contributed by atoms with Crippen LogP contribution in [0, 0.1) is 5.82 Å². The molecule has 172 valence electrons. The summed E-state index contributed by atoms with van der Waals surface area (Å²) in [7, 11) is 1.42. The maximum Gasteiger partial charge on any atom is 0.241 e. The third-order valence-electron chi connectivity index (χ3n) is 4.87. The molecule has 1 saturated heterocycles. The van der Waals surface area contributed by atoms with E-state index in [2.05, 4.69) is 14.9 Å². The summed E-state index contributed by atoms with van der Waals surface area (Å²) in [6, 6.07) is 11.6. The predicted octanol–water partition coefficient (Wildman–Crippen LogP) is 4.06. The first kappa shape index (κ1) is 23.7. The molecule has 8 nitrogen and oxygen atoms in total. The summed E-state index contributed by atoms with van der Waals surface area (Å²) >= 11 is 0. The first-order valence-electron chi connectivity index (χ1n) is 10.2. The highest BCUT2D eigenvalue weighted by Crippen LogP contribution is 2.34. The highest BCUT2D eigenvalue weighted by atomic mass is 32.2. The minimum absolute atomic E-state index is 0.222. The van der Waals surface area contributed by atoms with Crippen LogP contribution >= 0.6 is 0 Å². The molecule has 1 fully saturated rings. The molecule has 1 N–H and O–H groups in total. The summed E-state index contributed by atoms with van der Waals surface area (Å²) in [6.07, 6.45) is 4.01. The van der Waals surface area contributed by atoms with Crippen molar-refractivity contribution in [2.45, 2.75) is 25.0 Å². The van der Waals surface area contributed by atoms with Gasteiger partial charge in [0.2, 0.25) is 5.95 Å². The van der Waals surface area contributed by atoms with Gasteiger partial charge in [-0.3, -0.25) is 9.29 Å². The normalized spacial score (nSPS) is 14.8. The van der Waals surface area contributed by atoms with Crippen molar-refractivity contribution in [1.29, 1.82) is 0 Å². The molecule has 4 rings (SSSR count). The first-order valence-corrected chi connectivity index (χ1v) is 11.4. The lowest BCUT2D eigenvalue weighted by atomic mass is 10.1. The molecule has 2 atom stereocenters. The number of hydrogen-bond acceptors (Lipinski definition) is 6. The van der Waals surface area contributed by atoms with Gasteiger partial charge in [-0.2, -0.15) is 0 Å². The van der Waals surface area contributed by atoms with Gasteiger partial charge < -0.3 is 14.2 Å². The minimum atomic E-state index is -1.65. The maximum atomic E-state index is 14.0. The van der Waals surface area contributed by atoms with Crippen molar-refractivity contribution in [3.63, 3.8) is 0 Å². The van der Waals surface area contributed by atoms with E-state index in [9.17, 15) is 8.60 Å². The third kappa shape index (κ3) is 5.63. The zero-order valence-electron chi connectivity index (χ0n) is 18.3. The van der Waals surface area contributed by atoms with Gasteiger partial charge in [0.05, 0.1) is 19.5 Å². The Hall–Kier alpha value is -2.98. The highest BCUT2D eigenvalue weighted by molar-refractivity contribution is 7.86. The number of benzene rings is 2. The molecule has 1 aliphatic heterocycles. The van der Waals surface area contributed by atoms with Crippen LogP contribution in [0.15, 0.2) is 48.8 Å². The molecular formula is C22H27FN4O4S. The minimum Gasteiger partial charge on any atom is -0.494 e. The summed E-state index contributed by atoms with van der Waals surface area (Å²) in [5.74, 6) is 0.877. The van der Waals surface area contributed by atoms with Crippen LogP contribution in [0.3, 0.4) is 0 Å². The van der Waals surface area contributed by atoms with E-state index < -0.39 is 22.1 Å². The van der Waals surface area contributed by atoms with Crippen molar-refractivity contribution < 1.29 is 22.8 Å². The fourth-order valence-electron chi connectivity index (χ4n) is 3.15. The Labute approximate surface area is 189 Å². The highest BCUT2D eigenvalue weighted by Gasteiger charge is 2.21. The second kappa shape index (κ2) is 11.6. The van der Waals surface area contributed by atoms with E-state index in [0.717, 1.165) is 13.2 Å². The molecule has 1 aromatic heterocycles. The first-order chi connectivity index (χ1) is 15.6. The van der Waals surface area contributed by atoms with Crippen LogP contribution in [0.4, 0.5) is 10.3 Å². The van der Waals surface area contributed by atoms with Crippen LogP contribution < -0.4 is 14.2 Å². The maximum absolute atomic E-state index is 14.0. The van der Waals surface area contributed by atoms with Gasteiger partial charge in [0.15, 0.2) is 0 Å². The van der Waals surface area contributed by atoms with Crippen molar-refractivity contribution in [3.05, 3.63) is 60.2 Å². The predicted molar refractivity (Wildman–Crippen MR) is 121 cm³/mol. The molecule has 10 heteroatoms. The molecule has 0 aliphatic carbocycles. The van der Waals surface area contributed by atoms with E-state index in [1.807, 2.05) is 0 Å². The van der Waals surface area contributed by atoms with Gasteiger partial charge in [0.25, 0.3) is 0 Å². The molecular weight excluding hydrogens is 435 g/mol. The third-order valence-corrected chi connectivity index (χ3v) is 6.15. The van der Waals surface area contributed by atoms with Crippen molar-refractivity contribution in [2.24, 2.45) is 0 Å². The lowest BCUT2D eigenvalue weighted by molar-refractivity contribution is 0.198. The summed E-state index contributed by atoms with van der Waals surface area (Å²) in [6.45, 7) is 3.67. The van der Waals surface area contributed by atoms with Gasteiger partial charge in [-0.25, -0.2) is 8.60 Å². The SMILES string of the molecule is C1CCOC1.COc1cccc(OC)c1-n1cnnc1NS(=O)C(C)c1ccccc1F. The van der Waals surface area contributed by atoms with E-state index in [0.29, 0.717) is 22.7 Å². The van der Waals surface area contributed by atoms with E-state index in [-0.39, 0.29) is 5.95 Å². The van der Waals surface area contributed by atoms with Crippen molar-refractivity contribution in [1.82, 2.24) is 14.8 Å². The number of aromatic nitrogens is 3. The average molecular weight is 463 g/mol. The molecule has 2 unspecified atom stereocenters. The molecule has 0 saturated carbocycles. The number of para-hydroxylation sites is 1. The Morgan fingerprint density at radius 3 is 2.31 bits per heavy atom. The summed E-state index contributed by atoms with van der Waals surface area (Å²) in [5, 5.41) is 7.27. The number of rotatable bonds is 7. The quantitative estimate of drug-likeness (QED) is 0.570. The fraction of sp³-hybridized carbons (Fsp3) is 0.364. The number of ether oxygens (including phenoxy) is 3. The average Bonchev–Trinajstić information content (AvgIpc) is 3.54. The Bertz CT molecular complexity index is 1010. The molecule has 1 aliphatic rings. The number of methoxy groups -OCH3 is 2. The zero-order chi connectivity index (χ0) is 22.9. The molecule has 0 bridgehead atoms. The smallest absolute Gasteiger partial charge is 0.241 e. The lowest BCUT2D eigenvalue weighted by Crippen LogP contribution is -2.16. The second-order valence-corrected chi connectivity index (χ2v) is 8.42. The van der Waals surface area contributed by atoms with Crippen molar-refractivity contribution in [2.75, 3.05) is 32.2 Å². The van der Waals surface area contributed by atoms with Crippen LogP contribution in [0.5, 0.6) is 11.5 Å². The number of nitrogens with one attached hydrogen (secondary N) is 1. The van der Waals surface area contributed by atoms with E-state index >= 15 is 0 Å². The number of hydrogen-bond donors (Lipinski definition) is 1. The van der Waals surface area contributed by atoms with Gasteiger partial charge in [0.1, 0.15) is 40.3 Å². The van der Waals surface area contributed by atoms with E-state index in [1.54, 1.807) is 47.9 Å². The van der Waals surface area contributed by atoms with E-state index in [4.69, 9.17) is 14.2 Å². The second-order valence-electron chi connectivity index (χ2n) is 6.92. The molecule has 3 aromatic rings. The topological polar surface area (TPSA) is 87.5 Å². The Morgan fingerprint density at radius 1 is 1.09 bits per heavy atom. The fourth-order valence-corrected chi connectivity index (χ4v) is 4.06. The van der Waals surface area contributed by atoms with Crippen LogP contribution in [-0.4, -0.2) is 46.4 Å². The van der Waals surface area contributed by atoms with Gasteiger partial charge in [0, 0.05) is 18.8 Å². The number of anilines is 1. The van der Waals surface area contributed by atoms with Crippen molar-refractivity contribution >= 4 is 16.9 Å². The van der Waals surface area contributed by atoms with Crippen LogP contribution in [0.25, 0.3) is 5.69 Å². The Morgan fingerprint density at radius 2 is 1.75 bits per heavy atom. The Kier molecular flexibility index (Phi) is 8.57. The molecule has 2 heterocycles. The molecule has 32 heavy (non-hydrogen) atoms. The number of nitrogens with zero attached hydrogens (tertiary/aromatic N) is 3. The van der Waals surface area contributed by atoms with E-state index in [1.165, 1.54) is 39.5 Å². The van der Waals surface area contributed by atoms with Crippen LogP contribution in [0.1, 0.15) is 30.6 Å². The number of halogens is 1. The summed E-state index contributed by atoms with van der Waals surface area (Å²) in [5.41, 5.74) is 0.912. The summed E-state index contributed by atoms with van der Waals surface area (Å²) in [4.78, 5) is 0. The van der Waals surface area contributed by atoms with Gasteiger partial charge in [-0.15, -0.1) is 10.2 Å². The zero-order valence-corrected chi connectivity index (χ0v) is 19.1. The van der Waals surface area contributed by atoms with Crippen molar-refractivity contribution in [3.8, 4) is 17.2 Å². The monoisotopic (exact) mass is 462 g/mol. The van der Waals surface area contributed by atoms with Gasteiger partial charge >= 0.3 is 0 Å². The van der Waals surface area contributed by atoms with Gasteiger partial charge in [-0.05, 0) is 38.0 Å². The lowest BCUT2D eigenvalue weighted by Gasteiger charge is -2.17. The van der Waals surface area contributed by atoms with Gasteiger partial charge in [-0.1, -0.05) is 24.3 Å². The molecule has 0 spiro atoms. The molecule has 0 radical (unpaired) electrons. The summed E-state index contributed by atoms with van der Waals surface area (Å²) < 4.78 is 46.8. The Balaban J connectivity index is 0.000000509. The standard InChI is InChI=1S/C18H19FN4O3S.C4H8O/c1-12(13-7-4-5-8-14(13)19)27(24)22-18-21-20-11-23(18)17-15(25-2)9-6-10-16(17)26-3;1-2-4-5-3-1/h4-12H,1-3H3,(H,21,22);1-4H2. The van der Waals surface area contributed by atoms with Crippen LogP contribution in [-0.2, 0) is 15.7 Å². The molecule has 0 amide bonds. The van der Waals surface area contributed by atoms with Crippen LogP contribution in [0.2, 0.25) is 0 Å². The largest absolute Gasteiger partial charge is 0.494 e. The molecule has 2 aromatic carbocycles.